The molecule has 6 heteroatoms. The Morgan fingerprint density at radius 2 is 1.52 bits per heavy atom. The molecule has 5 nitrogen and oxygen atoms in total. The van der Waals surface area contributed by atoms with Gasteiger partial charge in [0.15, 0.2) is 0 Å². The van der Waals surface area contributed by atoms with Gasteiger partial charge in [0.25, 0.3) is 10.0 Å². The molecule has 0 spiro atoms. The van der Waals surface area contributed by atoms with Crippen LogP contribution < -0.4 is 9.62 Å². The second-order valence-electron chi connectivity index (χ2n) is 7.81. The smallest absolute Gasteiger partial charge is 0.264 e. The van der Waals surface area contributed by atoms with Gasteiger partial charge in [-0.1, -0.05) is 60.2 Å². The number of carbonyl (C=O) groups excluding carboxylic acids is 1. The molecule has 0 saturated carbocycles. The molecule has 0 fully saturated rings. The lowest BCUT2D eigenvalue weighted by molar-refractivity contribution is -0.120. The first-order valence-corrected chi connectivity index (χ1v) is 11.6. The lowest BCUT2D eigenvalue weighted by Crippen LogP contribution is -2.42. The lowest BCUT2D eigenvalue weighted by atomic mass is 10.1. The van der Waals surface area contributed by atoms with E-state index < -0.39 is 10.0 Å². The fourth-order valence-electron chi connectivity index (χ4n) is 3.36. The summed E-state index contributed by atoms with van der Waals surface area (Å²) >= 11 is 0. The molecular formula is C25H28N2O3S. The van der Waals surface area contributed by atoms with E-state index in [1.54, 1.807) is 36.4 Å². The highest BCUT2D eigenvalue weighted by Crippen LogP contribution is 2.28. The van der Waals surface area contributed by atoms with Crippen molar-refractivity contribution in [2.45, 2.75) is 38.6 Å². The maximum Gasteiger partial charge on any atom is 0.264 e. The average molecular weight is 437 g/mol. The Labute approximate surface area is 184 Å². The van der Waals surface area contributed by atoms with E-state index in [0.717, 1.165) is 22.3 Å². The van der Waals surface area contributed by atoms with Crippen molar-refractivity contribution in [1.29, 1.82) is 0 Å². The van der Waals surface area contributed by atoms with E-state index in [9.17, 15) is 13.2 Å². The minimum atomic E-state index is -3.92. The van der Waals surface area contributed by atoms with Gasteiger partial charge in [0.2, 0.25) is 5.91 Å². The number of sulfonamides is 1. The topological polar surface area (TPSA) is 66.5 Å². The van der Waals surface area contributed by atoms with E-state index in [2.05, 4.69) is 5.32 Å². The fraction of sp³-hybridized carbons (Fsp3) is 0.240. The number of hydrogen-bond donors (Lipinski definition) is 1. The molecule has 0 radical (unpaired) electrons. The minimum absolute atomic E-state index is 0.148. The minimum Gasteiger partial charge on any atom is -0.348 e. The van der Waals surface area contributed by atoms with Gasteiger partial charge in [0, 0.05) is 0 Å². The largest absolute Gasteiger partial charge is 0.348 e. The van der Waals surface area contributed by atoms with Crippen LogP contribution in [0.25, 0.3) is 0 Å². The molecule has 1 amide bonds. The first kappa shape index (κ1) is 22.6. The molecule has 0 unspecified atom stereocenters. The van der Waals surface area contributed by atoms with Crippen LogP contribution in [-0.4, -0.2) is 20.9 Å². The van der Waals surface area contributed by atoms with Crippen LogP contribution in [0.1, 0.15) is 35.2 Å². The van der Waals surface area contributed by atoms with Crippen molar-refractivity contribution >= 4 is 21.6 Å². The molecule has 31 heavy (non-hydrogen) atoms. The zero-order valence-corrected chi connectivity index (χ0v) is 19.1. The van der Waals surface area contributed by atoms with Crippen molar-refractivity contribution in [2.24, 2.45) is 0 Å². The van der Waals surface area contributed by atoms with Crippen molar-refractivity contribution in [3.8, 4) is 0 Å². The molecule has 0 aliphatic carbocycles. The van der Waals surface area contributed by atoms with Gasteiger partial charge in [-0.25, -0.2) is 8.42 Å². The first-order valence-electron chi connectivity index (χ1n) is 10.2. The predicted octanol–water partition coefficient (Wildman–Crippen LogP) is 4.68. The Bertz CT molecular complexity index is 1160. The number of amides is 1. The summed E-state index contributed by atoms with van der Waals surface area (Å²) in [5, 5.41) is 2.93. The third kappa shape index (κ3) is 5.33. The Kier molecular flexibility index (Phi) is 6.81. The van der Waals surface area contributed by atoms with Crippen LogP contribution in [0, 0.1) is 20.8 Å². The Morgan fingerprint density at radius 1 is 0.903 bits per heavy atom. The molecule has 1 N–H and O–H groups in total. The molecule has 0 aromatic heterocycles. The van der Waals surface area contributed by atoms with Gasteiger partial charge in [0.05, 0.1) is 16.6 Å². The molecular weight excluding hydrogens is 408 g/mol. The highest BCUT2D eigenvalue weighted by molar-refractivity contribution is 7.92. The van der Waals surface area contributed by atoms with Gasteiger partial charge in [0.1, 0.15) is 6.54 Å². The third-order valence-corrected chi connectivity index (χ3v) is 6.98. The van der Waals surface area contributed by atoms with Crippen LogP contribution in [0.4, 0.5) is 5.69 Å². The summed E-state index contributed by atoms with van der Waals surface area (Å²) in [6.07, 6.45) is 0. The molecule has 1 atom stereocenters. The van der Waals surface area contributed by atoms with Crippen molar-refractivity contribution in [3.05, 3.63) is 95.1 Å². The third-order valence-electron chi connectivity index (χ3n) is 5.21. The summed E-state index contributed by atoms with van der Waals surface area (Å²) in [4.78, 5) is 13.1. The molecule has 3 rings (SSSR count). The number of rotatable bonds is 7. The molecule has 0 heterocycles. The highest BCUT2D eigenvalue weighted by atomic mass is 32.2. The Hall–Kier alpha value is -3.12. The summed E-state index contributed by atoms with van der Waals surface area (Å²) in [5.41, 5.74) is 4.30. The zero-order valence-electron chi connectivity index (χ0n) is 18.3. The number of nitrogens with zero attached hydrogens (tertiary/aromatic N) is 1. The predicted molar refractivity (Wildman–Crippen MR) is 125 cm³/mol. The molecule has 0 saturated heterocycles. The number of aryl methyl sites for hydroxylation is 3. The van der Waals surface area contributed by atoms with Crippen LogP contribution in [0.3, 0.4) is 0 Å². The molecule has 0 aliphatic rings. The van der Waals surface area contributed by atoms with Crippen LogP contribution in [0.2, 0.25) is 0 Å². The zero-order chi connectivity index (χ0) is 22.6. The summed E-state index contributed by atoms with van der Waals surface area (Å²) in [5.74, 6) is -0.367. The quantitative estimate of drug-likeness (QED) is 0.585. The number of carbonyl (C=O) groups is 1. The van der Waals surface area contributed by atoms with E-state index in [-0.39, 0.29) is 23.4 Å². The number of benzene rings is 3. The Balaban J connectivity index is 1.92. The fourth-order valence-corrected chi connectivity index (χ4v) is 4.86. The van der Waals surface area contributed by atoms with Gasteiger partial charge >= 0.3 is 0 Å². The van der Waals surface area contributed by atoms with Crippen LogP contribution >= 0.6 is 0 Å². The first-order chi connectivity index (χ1) is 14.7. The second-order valence-corrected chi connectivity index (χ2v) is 9.68. The van der Waals surface area contributed by atoms with E-state index in [4.69, 9.17) is 0 Å². The monoisotopic (exact) mass is 436 g/mol. The number of anilines is 1. The van der Waals surface area contributed by atoms with E-state index >= 15 is 0 Å². The standard InChI is InChI=1S/C25H28N2O3S/c1-18-11-14-22(15-12-18)21(4)26-25(28)17-27(24-16-19(2)10-13-20(24)3)31(29,30)23-8-6-5-7-9-23/h5-16,21H,17H2,1-4H3,(H,26,28)/t21-/m1/s1. The maximum absolute atomic E-state index is 13.5. The van der Waals surface area contributed by atoms with E-state index in [1.165, 1.54) is 4.31 Å². The highest BCUT2D eigenvalue weighted by Gasteiger charge is 2.28. The van der Waals surface area contributed by atoms with Crippen molar-refractivity contribution < 1.29 is 13.2 Å². The average Bonchev–Trinajstić information content (AvgIpc) is 2.75. The molecule has 162 valence electrons. The lowest BCUT2D eigenvalue weighted by Gasteiger charge is -2.27. The van der Waals surface area contributed by atoms with Crippen molar-refractivity contribution in [1.82, 2.24) is 5.32 Å². The second kappa shape index (κ2) is 9.35. The van der Waals surface area contributed by atoms with Gasteiger partial charge < -0.3 is 5.32 Å². The number of hydrogen-bond acceptors (Lipinski definition) is 3. The van der Waals surface area contributed by atoms with Crippen LogP contribution in [0.5, 0.6) is 0 Å². The van der Waals surface area contributed by atoms with Gasteiger partial charge in [-0.05, 0) is 62.6 Å². The SMILES string of the molecule is Cc1ccc([C@@H](C)NC(=O)CN(c2cc(C)ccc2C)S(=O)(=O)c2ccccc2)cc1. The van der Waals surface area contributed by atoms with Gasteiger partial charge in [-0.2, -0.15) is 0 Å². The number of nitrogens with one attached hydrogen (secondary N) is 1. The normalized spacial score (nSPS) is 12.3. The van der Waals surface area contributed by atoms with Gasteiger partial charge in [-0.3, -0.25) is 9.10 Å². The van der Waals surface area contributed by atoms with Gasteiger partial charge in [-0.15, -0.1) is 0 Å². The van der Waals surface area contributed by atoms with Crippen molar-refractivity contribution in [2.75, 3.05) is 10.8 Å². The van der Waals surface area contributed by atoms with Crippen LogP contribution in [-0.2, 0) is 14.8 Å². The summed E-state index contributed by atoms with van der Waals surface area (Å²) in [7, 11) is -3.92. The molecule has 0 bridgehead atoms. The van der Waals surface area contributed by atoms with Crippen LogP contribution in [0.15, 0.2) is 77.7 Å². The summed E-state index contributed by atoms with van der Waals surface area (Å²) < 4.78 is 28.1. The molecule has 3 aromatic rings. The van der Waals surface area contributed by atoms with Crippen molar-refractivity contribution in [3.63, 3.8) is 0 Å². The summed E-state index contributed by atoms with van der Waals surface area (Å²) in [6.45, 7) is 7.32. The maximum atomic E-state index is 13.5. The molecule has 0 aliphatic heterocycles. The molecule has 3 aromatic carbocycles. The van der Waals surface area contributed by atoms with E-state index in [1.807, 2.05) is 64.1 Å². The van der Waals surface area contributed by atoms with E-state index in [0.29, 0.717) is 5.69 Å². The Morgan fingerprint density at radius 3 is 2.16 bits per heavy atom. The summed E-state index contributed by atoms with van der Waals surface area (Å²) in [6, 6.07) is 21.4.